The molecule has 2 fully saturated rings. The molecule has 4 rings (SSSR count). The highest BCUT2D eigenvalue weighted by atomic mass is 16.5. The van der Waals surface area contributed by atoms with Crippen LogP contribution in [-0.2, 0) is 16.0 Å². The van der Waals surface area contributed by atoms with Gasteiger partial charge >= 0.3 is 0 Å². The van der Waals surface area contributed by atoms with Crippen molar-refractivity contribution in [2.75, 3.05) is 33.4 Å². The first-order valence-electron chi connectivity index (χ1n) is 9.61. The Morgan fingerprint density at radius 1 is 1.22 bits per heavy atom. The van der Waals surface area contributed by atoms with Gasteiger partial charge in [0, 0.05) is 45.7 Å². The lowest BCUT2D eigenvalue weighted by Gasteiger charge is -2.37. The van der Waals surface area contributed by atoms with Gasteiger partial charge in [-0.2, -0.15) is 5.10 Å². The van der Waals surface area contributed by atoms with Crippen LogP contribution in [0.15, 0.2) is 47.7 Å². The summed E-state index contributed by atoms with van der Waals surface area (Å²) < 4.78 is 13.6. The number of benzene rings is 1. The minimum Gasteiger partial charge on any atom is -0.375 e. The quantitative estimate of drug-likeness (QED) is 0.658. The van der Waals surface area contributed by atoms with E-state index in [-0.39, 0.29) is 12.2 Å². The number of hydrogen-bond donors (Lipinski definition) is 1. The normalized spacial score (nSPS) is 23.6. The van der Waals surface area contributed by atoms with Gasteiger partial charge in [-0.25, -0.2) is 4.68 Å². The topological polar surface area (TPSA) is 63.9 Å². The zero-order chi connectivity index (χ0) is 18.5. The SMILES string of the molecule is CN=C(NCc1ccc(-n2cccn2)cc1)N1CCOC(C2CCCO2)C1. The number of ether oxygens (including phenoxy) is 2. The summed E-state index contributed by atoms with van der Waals surface area (Å²) in [7, 11) is 1.83. The molecule has 0 bridgehead atoms. The summed E-state index contributed by atoms with van der Waals surface area (Å²) in [5.74, 6) is 0.914. The van der Waals surface area contributed by atoms with E-state index in [1.54, 1.807) is 6.20 Å². The van der Waals surface area contributed by atoms with Gasteiger partial charge in [-0.15, -0.1) is 0 Å². The van der Waals surface area contributed by atoms with Crippen molar-refractivity contribution in [3.05, 3.63) is 48.3 Å². The Morgan fingerprint density at radius 2 is 2.07 bits per heavy atom. The molecule has 7 nitrogen and oxygen atoms in total. The highest BCUT2D eigenvalue weighted by Crippen LogP contribution is 2.21. The maximum Gasteiger partial charge on any atom is 0.194 e. The summed E-state index contributed by atoms with van der Waals surface area (Å²) in [6, 6.07) is 10.3. The third kappa shape index (κ3) is 4.31. The maximum atomic E-state index is 5.94. The van der Waals surface area contributed by atoms with Crippen LogP contribution in [0.3, 0.4) is 0 Å². The highest BCUT2D eigenvalue weighted by Gasteiger charge is 2.32. The Labute approximate surface area is 160 Å². The Kier molecular flexibility index (Phi) is 5.69. The van der Waals surface area contributed by atoms with Crippen LogP contribution in [0, 0.1) is 0 Å². The molecule has 0 radical (unpaired) electrons. The van der Waals surface area contributed by atoms with Gasteiger partial charge in [-0.3, -0.25) is 4.99 Å². The number of rotatable bonds is 4. The van der Waals surface area contributed by atoms with Gasteiger partial charge in [0.25, 0.3) is 0 Å². The number of hydrogen-bond acceptors (Lipinski definition) is 4. The van der Waals surface area contributed by atoms with Gasteiger partial charge in [0.05, 0.1) is 18.4 Å². The van der Waals surface area contributed by atoms with Crippen molar-refractivity contribution in [1.29, 1.82) is 0 Å². The number of nitrogens with zero attached hydrogens (tertiary/aromatic N) is 4. The maximum absolute atomic E-state index is 5.94. The average Bonchev–Trinajstić information content (AvgIpc) is 3.43. The van der Waals surface area contributed by atoms with E-state index in [0.29, 0.717) is 6.61 Å². The van der Waals surface area contributed by atoms with E-state index in [2.05, 4.69) is 44.6 Å². The number of nitrogens with one attached hydrogen (secondary N) is 1. The summed E-state index contributed by atoms with van der Waals surface area (Å²) in [6.07, 6.45) is 6.30. The molecule has 144 valence electrons. The van der Waals surface area contributed by atoms with Crippen LogP contribution in [0.2, 0.25) is 0 Å². The minimum atomic E-state index is 0.133. The molecule has 3 heterocycles. The van der Waals surface area contributed by atoms with Crippen molar-refractivity contribution in [1.82, 2.24) is 20.0 Å². The number of aliphatic imine (C=N–C) groups is 1. The van der Waals surface area contributed by atoms with Crippen molar-refractivity contribution >= 4 is 5.96 Å². The number of guanidine groups is 1. The van der Waals surface area contributed by atoms with Crippen LogP contribution < -0.4 is 5.32 Å². The van der Waals surface area contributed by atoms with Gasteiger partial charge in [-0.05, 0) is 36.6 Å². The second-order valence-electron chi connectivity index (χ2n) is 6.92. The fraction of sp³-hybridized carbons (Fsp3) is 0.500. The van der Waals surface area contributed by atoms with E-state index >= 15 is 0 Å². The molecule has 2 saturated heterocycles. The third-order valence-electron chi connectivity index (χ3n) is 5.14. The minimum absolute atomic E-state index is 0.133. The Balaban J connectivity index is 1.33. The molecule has 1 aromatic carbocycles. The first-order valence-corrected chi connectivity index (χ1v) is 9.61. The Bertz CT molecular complexity index is 738. The zero-order valence-electron chi connectivity index (χ0n) is 15.8. The fourth-order valence-electron chi connectivity index (χ4n) is 3.69. The van der Waals surface area contributed by atoms with Crippen molar-refractivity contribution in [2.45, 2.75) is 31.6 Å². The second-order valence-corrected chi connectivity index (χ2v) is 6.92. The van der Waals surface area contributed by atoms with Crippen molar-refractivity contribution in [2.24, 2.45) is 4.99 Å². The first-order chi connectivity index (χ1) is 13.3. The van der Waals surface area contributed by atoms with Gasteiger partial charge in [0.2, 0.25) is 0 Å². The average molecular weight is 369 g/mol. The van der Waals surface area contributed by atoms with E-state index < -0.39 is 0 Å². The molecule has 1 N–H and O–H groups in total. The molecule has 2 atom stereocenters. The molecular formula is C20H27N5O2. The Morgan fingerprint density at radius 3 is 2.78 bits per heavy atom. The third-order valence-corrected chi connectivity index (χ3v) is 5.14. The molecule has 1 aromatic heterocycles. The summed E-state index contributed by atoms with van der Waals surface area (Å²) in [4.78, 5) is 6.74. The molecule has 2 aliphatic rings. The summed E-state index contributed by atoms with van der Waals surface area (Å²) in [6.45, 7) is 3.97. The monoisotopic (exact) mass is 369 g/mol. The summed E-state index contributed by atoms with van der Waals surface area (Å²) >= 11 is 0. The van der Waals surface area contributed by atoms with Gasteiger partial charge in [-0.1, -0.05) is 12.1 Å². The highest BCUT2D eigenvalue weighted by molar-refractivity contribution is 5.80. The molecule has 2 unspecified atom stereocenters. The van der Waals surface area contributed by atoms with Gasteiger partial charge in [0.15, 0.2) is 5.96 Å². The predicted octanol–water partition coefficient (Wildman–Crippen LogP) is 1.83. The van der Waals surface area contributed by atoms with E-state index in [4.69, 9.17) is 9.47 Å². The van der Waals surface area contributed by atoms with E-state index in [0.717, 1.165) is 50.7 Å². The second kappa shape index (κ2) is 8.54. The first kappa shape index (κ1) is 18.0. The zero-order valence-corrected chi connectivity index (χ0v) is 15.8. The predicted molar refractivity (Wildman–Crippen MR) is 104 cm³/mol. The van der Waals surface area contributed by atoms with Crippen LogP contribution >= 0.6 is 0 Å². The van der Waals surface area contributed by atoms with E-state index in [1.165, 1.54) is 5.56 Å². The molecule has 7 heteroatoms. The summed E-state index contributed by atoms with van der Waals surface area (Å²) in [5.41, 5.74) is 2.26. The smallest absolute Gasteiger partial charge is 0.194 e. The molecule has 0 spiro atoms. The van der Waals surface area contributed by atoms with E-state index in [9.17, 15) is 0 Å². The Hall–Kier alpha value is -2.38. The molecule has 2 aromatic rings. The van der Waals surface area contributed by atoms with Crippen LogP contribution in [0.5, 0.6) is 0 Å². The molecule has 0 aliphatic carbocycles. The van der Waals surface area contributed by atoms with Crippen molar-refractivity contribution in [3.63, 3.8) is 0 Å². The van der Waals surface area contributed by atoms with E-state index in [1.807, 2.05) is 24.0 Å². The van der Waals surface area contributed by atoms with Gasteiger partial charge in [0.1, 0.15) is 6.10 Å². The molecular weight excluding hydrogens is 342 g/mol. The van der Waals surface area contributed by atoms with Crippen LogP contribution in [0.25, 0.3) is 5.69 Å². The lowest BCUT2D eigenvalue weighted by molar-refractivity contribution is -0.0817. The molecule has 0 saturated carbocycles. The lowest BCUT2D eigenvalue weighted by atomic mass is 10.1. The molecule has 0 amide bonds. The van der Waals surface area contributed by atoms with Crippen LogP contribution in [0.1, 0.15) is 18.4 Å². The molecule has 27 heavy (non-hydrogen) atoms. The lowest BCUT2D eigenvalue weighted by Crippen LogP contribution is -2.53. The van der Waals surface area contributed by atoms with Gasteiger partial charge < -0.3 is 19.7 Å². The molecule has 2 aliphatic heterocycles. The largest absolute Gasteiger partial charge is 0.375 e. The van der Waals surface area contributed by atoms with Crippen LogP contribution in [0.4, 0.5) is 0 Å². The standard InChI is InChI=1S/C20H27N5O2/c1-21-20(24-11-13-27-19(15-24)18-4-2-12-26-18)22-14-16-5-7-17(8-6-16)25-10-3-9-23-25/h3,5-10,18-19H,2,4,11-15H2,1H3,(H,21,22). The number of morpholine rings is 1. The summed E-state index contributed by atoms with van der Waals surface area (Å²) in [5, 5.41) is 7.74. The fourth-order valence-corrected chi connectivity index (χ4v) is 3.69. The van der Waals surface area contributed by atoms with Crippen molar-refractivity contribution < 1.29 is 9.47 Å². The van der Waals surface area contributed by atoms with Crippen molar-refractivity contribution in [3.8, 4) is 5.69 Å². The van der Waals surface area contributed by atoms with Crippen LogP contribution in [-0.4, -0.2) is 66.2 Å². The number of aromatic nitrogens is 2.